The second kappa shape index (κ2) is 5.35. The summed E-state index contributed by atoms with van der Waals surface area (Å²) in [6.45, 7) is 3.39. The van der Waals surface area contributed by atoms with E-state index in [1.165, 1.54) is 18.2 Å². The fraction of sp³-hybridized carbons (Fsp3) is 0.333. The lowest BCUT2D eigenvalue weighted by Crippen LogP contribution is -2.36. The van der Waals surface area contributed by atoms with Crippen molar-refractivity contribution in [3.8, 4) is 6.07 Å². The Labute approximate surface area is 110 Å². The van der Waals surface area contributed by atoms with E-state index < -0.39 is 16.4 Å². The zero-order chi connectivity index (χ0) is 14.6. The van der Waals surface area contributed by atoms with Crippen LogP contribution in [0.1, 0.15) is 25.8 Å². The summed E-state index contributed by atoms with van der Waals surface area (Å²) in [5.74, 6) is -0.517. The van der Waals surface area contributed by atoms with Gasteiger partial charge >= 0.3 is 0 Å². The molecule has 1 aromatic rings. The van der Waals surface area contributed by atoms with Gasteiger partial charge in [0.05, 0.1) is 16.6 Å². The second-order valence-electron chi connectivity index (χ2n) is 4.75. The van der Waals surface area contributed by atoms with E-state index in [0.717, 1.165) is 0 Å². The minimum Gasteiger partial charge on any atom is -0.374 e. The third-order valence-electron chi connectivity index (χ3n) is 2.41. The Morgan fingerprint density at radius 1 is 1.58 bits per heavy atom. The molecule has 1 amide bonds. The molecule has 0 aliphatic heterocycles. The molecule has 0 atom stereocenters. The van der Waals surface area contributed by atoms with E-state index in [2.05, 4.69) is 5.32 Å². The van der Waals surface area contributed by atoms with Crippen LogP contribution >= 0.6 is 0 Å². The molecule has 19 heavy (non-hydrogen) atoms. The van der Waals surface area contributed by atoms with Gasteiger partial charge < -0.3 is 11.1 Å². The molecule has 3 N–H and O–H groups in total. The van der Waals surface area contributed by atoms with Gasteiger partial charge in [0.25, 0.3) is 5.69 Å². The maximum Gasteiger partial charge on any atom is 0.292 e. The second-order valence-corrected chi connectivity index (χ2v) is 4.75. The number of nitrogens with zero attached hydrogens (tertiary/aromatic N) is 2. The zero-order valence-electron chi connectivity index (χ0n) is 10.6. The normalized spacial score (nSPS) is 10.6. The van der Waals surface area contributed by atoms with Crippen molar-refractivity contribution >= 4 is 17.3 Å². The lowest BCUT2D eigenvalue weighted by atomic mass is 9.99. The van der Waals surface area contributed by atoms with Crippen LogP contribution in [0.3, 0.4) is 0 Å². The molecule has 0 bridgehead atoms. The molecule has 1 rings (SSSR count). The number of hydrogen-bond acceptors (Lipinski definition) is 5. The van der Waals surface area contributed by atoms with Gasteiger partial charge in [-0.2, -0.15) is 5.26 Å². The topological polar surface area (TPSA) is 122 Å². The highest BCUT2D eigenvalue weighted by atomic mass is 16.6. The minimum atomic E-state index is -0.745. The molecule has 1 aromatic carbocycles. The summed E-state index contributed by atoms with van der Waals surface area (Å²) in [7, 11) is 0. The van der Waals surface area contributed by atoms with Crippen molar-refractivity contribution in [3.05, 3.63) is 33.9 Å². The van der Waals surface area contributed by atoms with Crippen LogP contribution in [0.5, 0.6) is 0 Å². The number of amides is 1. The predicted molar refractivity (Wildman–Crippen MR) is 69.3 cm³/mol. The number of primary amides is 1. The Morgan fingerprint density at radius 3 is 2.68 bits per heavy atom. The van der Waals surface area contributed by atoms with Gasteiger partial charge in [0.15, 0.2) is 0 Å². The van der Waals surface area contributed by atoms with E-state index in [9.17, 15) is 14.9 Å². The molecule has 7 nitrogen and oxygen atoms in total. The van der Waals surface area contributed by atoms with Gasteiger partial charge in [0, 0.05) is 18.0 Å². The van der Waals surface area contributed by atoms with Crippen molar-refractivity contribution in [1.29, 1.82) is 5.26 Å². The smallest absolute Gasteiger partial charge is 0.292 e. The van der Waals surface area contributed by atoms with Crippen LogP contribution in [0.25, 0.3) is 0 Å². The molecular formula is C12H14N4O3. The van der Waals surface area contributed by atoms with Crippen LogP contribution in [0, 0.1) is 21.4 Å². The molecule has 0 radical (unpaired) electrons. The molecule has 7 heteroatoms. The summed E-state index contributed by atoms with van der Waals surface area (Å²) in [6, 6.07) is 5.90. The molecule has 0 saturated heterocycles. The number of carbonyl (C=O) groups excluding carboxylic acids is 1. The average Bonchev–Trinajstić information content (AvgIpc) is 2.25. The Kier molecular flexibility index (Phi) is 4.07. The number of hydrogen-bond donors (Lipinski definition) is 2. The highest BCUT2D eigenvalue weighted by molar-refractivity contribution is 5.76. The minimum absolute atomic E-state index is 0.0148. The first-order valence-corrected chi connectivity index (χ1v) is 5.50. The first kappa shape index (κ1) is 14.4. The quantitative estimate of drug-likeness (QED) is 0.615. The molecule has 100 valence electrons. The van der Waals surface area contributed by atoms with Gasteiger partial charge in [-0.15, -0.1) is 0 Å². The van der Waals surface area contributed by atoms with E-state index in [4.69, 9.17) is 11.0 Å². The van der Waals surface area contributed by atoms with Crippen molar-refractivity contribution in [2.24, 2.45) is 5.73 Å². The Morgan fingerprint density at radius 2 is 2.21 bits per heavy atom. The first-order chi connectivity index (χ1) is 8.75. The van der Waals surface area contributed by atoms with Crippen LogP contribution < -0.4 is 11.1 Å². The van der Waals surface area contributed by atoms with Gasteiger partial charge in [0.2, 0.25) is 5.91 Å². The van der Waals surface area contributed by atoms with Crippen LogP contribution in [-0.4, -0.2) is 16.4 Å². The zero-order valence-corrected chi connectivity index (χ0v) is 10.6. The number of nitro groups is 1. The highest BCUT2D eigenvalue weighted by Crippen LogP contribution is 2.29. The molecule has 0 saturated carbocycles. The van der Waals surface area contributed by atoms with Crippen LogP contribution in [0.15, 0.2) is 18.2 Å². The number of rotatable bonds is 5. The molecule has 0 heterocycles. The fourth-order valence-electron chi connectivity index (χ4n) is 1.71. The van der Waals surface area contributed by atoms with Crippen LogP contribution in [0.2, 0.25) is 0 Å². The molecule has 0 aliphatic rings. The van der Waals surface area contributed by atoms with E-state index >= 15 is 0 Å². The van der Waals surface area contributed by atoms with Crippen molar-refractivity contribution in [2.45, 2.75) is 25.8 Å². The van der Waals surface area contributed by atoms with Crippen molar-refractivity contribution in [1.82, 2.24) is 0 Å². The third-order valence-corrected chi connectivity index (χ3v) is 2.41. The summed E-state index contributed by atoms with van der Waals surface area (Å²) in [6.07, 6.45) is 0.0148. The Balaban J connectivity index is 3.14. The monoisotopic (exact) mass is 262 g/mol. The largest absolute Gasteiger partial charge is 0.374 e. The number of nitrogens with one attached hydrogen (secondary N) is 1. The standard InChI is InChI=1S/C12H14N4O3/c1-12(2,6-11(14)17)15-9-5-8(7-13)3-4-10(9)16(18)19/h3-5,15H,6H2,1-2H3,(H2,14,17). The summed E-state index contributed by atoms with van der Waals surface area (Å²) in [5.41, 5.74) is 4.70. The molecule has 0 aliphatic carbocycles. The maximum atomic E-state index is 10.9. The highest BCUT2D eigenvalue weighted by Gasteiger charge is 2.24. The predicted octanol–water partition coefficient (Wildman–Crippen LogP) is 1.53. The number of anilines is 1. The van der Waals surface area contributed by atoms with E-state index in [1.54, 1.807) is 13.8 Å². The molecular weight excluding hydrogens is 248 g/mol. The lowest BCUT2D eigenvalue weighted by molar-refractivity contribution is -0.384. The number of benzene rings is 1. The van der Waals surface area contributed by atoms with Crippen molar-refractivity contribution in [2.75, 3.05) is 5.32 Å². The van der Waals surface area contributed by atoms with E-state index in [-0.39, 0.29) is 17.8 Å². The maximum absolute atomic E-state index is 10.9. The average molecular weight is 262 g/mol. The Bertz CT molecular complexity index is 561. The molecule has 0 fully saturated rings. The van der Waals surface area contributed by atoms with E-state index in [1.807, 2.05) is 6.07 Å². The number of nitriles is 1. The van der Waals surface area contributed by atoms with Crippen molar-refractivity contribution < 1.29 is 9.72 Å². The van der Waals surface area contributed by atoms with Gasteiger partial charge in [-0.3, -0.25) is 14.9 Å². The van der Waals surface area contributed by atoms with Gasteiger partial charge in [-0.25, -0.2) is 0 Å². The summed E-state index contributed by atoms with van der Waals surface area (Å²) in [4.78, 5) is 21.3. The van der Waals surface area contributed by atoms with Crippen LogP contribution in [0.4, 0.5) is 11.4 Å². The number of carbonyl (C=O) groups is 1. The molecule has 0 aromatic heterocycles. The summed E-state index contributed by atoms with van der Waals surface area (Å²) in [5, 5.41) is 22.6. The van der Waals surface area contributed by atoms with Crippen molar-refractivity contribution in [3.63, 3.8) is 0 Å². The lowest BCUT2D eigenvalue weighted by Gasteiger charge is -2.25. The molecule has 0 spiro atoms. The number of nitro benzene ring substituents is 1. The molecule has 0 unspecified atom stereocenters. The fourth-order valence-corrected chi connectivity index (χ4v) is 1.71. The first-order valence-electron chi connectivity index (χ1n) is 5.50. The third kappa shape index (κ3) is 3.96. The van der Waals surface area contributed by atoms with Gasteiger partial charge in [-0.1, -0.05) is 0 Å². The SMILES string of the molecule is CC(C)(CC(N)=O)Nc1cc(C#N)ccc1[N+](=O)[O-]. The number of nitrogens with two attached hydrogens (primary N) is 1. The Hall–Kier alpha value is -2.62. The van der Waals surface area contributed by atoms with Gasteiger partial charge in [0.1, 0.15) is 5.69 Å². The summed E-state index contributed by atoms with van der Waals surface area (Å²) >= 11 is 0. The van der Waals surface area contributed by atoms with Gasteiger partial charge in [-0.05, 0) is 26.0 Å². The van der Waals surface area contributed by atoms with E-state index in [0.29, 0.717) is 5.56 Å². The summed E-state index contributed by atoms with van der Waals surface area (Å²) < 4.78 is 0. The van der Waals surface area contributed by atoms with Crippen LogP contribution in [-0.2, 0) is 4.79 Å².